The van der Waals surface area contributed by atoms with Crippen LogP contribution in [0.5, 0.6) is 5.75 Å². The molecule has 7 heteroatoms. The molecule has 0 aliphatic rings. The van der Waals surface area contributed by atoms with E-state index in [-0.39, 0.29) is 11.5 Å². The molecule has 0 atom stereocenters. The number of amides is 2. The minimum Gasteiger partial charge on any atom is -0.497 e. The quantitative estimate of drug-likeness (QED) is 0.234. The summed E-state index contributed by atoms with van der Waals surface area (Å²) in [6, 6.07) is 25.7. The molecular formula is C30H24N2O5. The van der Waals surface area contributed by atoms with Crippen LogP contribution in [0.2, 0.25) is 0 Å². The summed E-state index contributed by atoms with van der Waals surface area (Å²) in [5.41, 5.74) is 2.04. The van der Waals surface area contributed by atoms with E-state index in [1.54, 1.807) is 110 Å². The zero-order valence-corrected chi connectivity index (χ0v) is 20.0. The lowest BCUT2D eigenvalue weighted by Crippen LogP contribution is -2.30. The number of rotatable bonds is 9. The molecule has 0 fully saturated rings. The third-order valence-corrected chi connectivity index (χ3v) is 5.30. The molecule has 2 amide bonds. The lowest BCUT2D eigenvalue weighted by atomic mass is 10.1. The number of allylic oxidation sites excluding steroid dienone is 1. The van der Waals surface area contributed by atoms with E-state index in [2.05, 4.69) is 10.6 Å². The van der Waals surface area contributed by atoms with Crippen LogP contribution in [0.25, 0.3) is 12.2 Å². The lowest BCUT2D eigenvalue weighted by molar-refractivity contribution is -0.113. The van der Waals surface area contributed by atoms with Gasteiger partial charge >= 0.3 is 0 Å². The summed E-state index contributed by atoms with van der Waals surface area (Å²) in [6.45, 7) is 0. The van der Waals surface area contributed by atoms with Gasteiger partial charge in [-0.3, -0.25) is 14.4 Å². The van der Waals surface area contributed by atoms with Gasteiger partial charge in [-0.25, -0.2) is 0 Å². The molecule has 0 saturated carbocycles. The predicted octanol–water partition coefficient (Wildman–Crippen LogP) is 5.59. The zero-order valence-electron chi connectivity index (χ0n) is 20.0. The summed E-state index contributed by atoms with van der Waals surface area (Å²) in [6.07, 6.45) is 6.10. The normalized spacial score (nSPS) is 11.2. The van der Waals surface area contributed by atoms with Gasteiger partial charge in [0.2, 0.25) is 0 Å². The molecule has 2 N–H and O–H groups in total. The Labute approximate surface area is 214 Å². The van der Waals surface area contributed by atoms with Crippen molar-refractivity contribution < 1.29 is 23.5 Å². The van der Waals surface area contributed by atoms with Crippen molar-refractivity contribution in [3.05, 3.63) is 131 Å². The highest BCUT2D eigenvalue weighted by Gasteiger charge is 2.15. The van der Waals surface area contributed by atoms with E-state index >= 15 is 0 Å². The highest BCUT2D eigenvalue weighted by molar-refractivity contribution is 6.11. The number of anilines is 1. The van der Waals surface area contributed by atoms with Gasteiger partial charge in [0.05, 0.1) is 13.4 Å². The van der Waals surface area contributed by atoms with E-state index in [9.17, 15) is 14.4 Å². The molecule has 37 heavy (non-hydrogen) atoms. The fraction of sp³-hybridized carbons (Fsp3) is 0.0333. The number of benzene rings is 3. The second-order valence-electron chi connectivity index (χ2n) is 7.90. The molecule has 0 aliphatic heterocycles. The first-order valence-corrected chi connectivity index (χ1v) is 11.4. The van der Waals surface area contributed by atoms with Gasteiger partial charge in [0.25, 0.3) is 11.8 Å². The molecule has 0 saturated heterocycles. The van der Waals surface area contributed by atoms with Gasteiger partial charge in [-0.05, 0) is 84.5 Å². The predicted molar refractivity (Wildman–Crippen MR) is 142 cm³/mol. The Morgan fingerprint density at radius 2 is 1.62 bits per heavy atom. The number of carbonyl (C=O) groups excluding carboxylic acids is 3. The van der Waals surface area contributed by atoms with E-state index in [0.717, 1.165) is 0 Å². The van der Waals surface area contributed by atoms with Crippen LogP contribution in [0, 0.1) is 0 Å². The van der Waals surface area contributed by atoms with Crippen molar-refractivity contribution in [3.8, 4) is 5.75 Å². The average Bonchev–Trinajstić information content (AvgIpc) is 3.46. The molecule has 0 unspecified atom stereocenters. The fourth-order valence-corrected chi connectivity index (χ4v) is 3.40. The number of ketones is 1. The Bertz CT molecular complexity index is 1440. The first kappa shape index (κ1) is 24.9. The lowest BCUT2D eigenvalue weighted by Gasteiger charge is -2.12. The van der Waals surface area contributed by atoms with Crippen molar-refractivity contribution in [3.63, 3.8) is 0 Å². The topological polar surface area (TPSA) is 97.6 Å². The second kappa shape index (κ2) is 12.0. The first-order valence-electron chi connectivity index (χ1n) is 11.4. The Balaban J connectivity index is 1.52. The van der Waals surface area contributed by atoms with Crippen LogP contribution in [0.4, 0.5) is 5.69 Å². The van der Waals surface area contributed by atoms with Gasteiger partial charge in [0, 0.05) is 16.8 Å². The van der Waals surface area contributed by atoms with Crippen LogP contribution in [0.3, 0.4) is 0 Å². The summed E-state index contributed by atoms with van der Waals surface area (Å²) < 4.78 is 10.4. The van der Waals surface area contributed by atoms with Gasteiger partial charge in [-0.1, -0.05) is 30.3 Å². The van der Waals surface area contributed by atoms with E-state index < -0.39 is 11.8 Å². The van der Waals surface area contributed by atoms with Gasteiger partial charge in [-0.15, -0.1) is 0 Å². The summed E-state index contributed by atoms with van der Waals surface area (Å²) in [7, 11) is 1.55. The van der Waals surface area contributed by atoms with Crippen LogP contribution in [0.15, 0.2) is 113 Å². The molecule has 3 aromatic carbocycles. The van der Waals surface area contributed by atoms with Crippen molar-refractivity contribution in [2.75, 3.05) is 12.4 Å². The first-order chi connectivity index (χ1) is 18.0. The molecule has 4 rings (SSSR count). The molecule has 0 bridgehead atoms. The van der Waals surface area contributed by atoms with Gasteiger partial charge in [0.1, 0.15) is 17.2 Å². The van der Waals surface area contributed by atoms with Gasteiger partial charge in [-0.2, -0.15) is 0 Å². The maximum Gasteiger partial charge on any atom is 0.272 e. The van der Waals surface area contributed by atoms with Crippen molar-refractivity contribution in [1.82, 2.24) is 5.32 Å². The Morgan fingerprint density at radius 1 is 0.838 bits per heavy atom. The number of ether oxygens (including phenoxy) is 1. The molecule has 1 heterocycles. The summed E-state index contributed by atoms with van der Waals surface area (Å²) >= 11 is 0. The van der Waals surface area contributed by atoms with Crippen molar-refractivity contribution in [2.45, 2.75) is 0 Å². The number of hydrogen-bond acceptors (Lipinski definition) is 5. The monoisotopic (exact) mass is 492 g/mol. The van der Waals surface area contributed by atoms with Crippen LogP contribution in [-0.4, -0.2) is 24.7 Å². The molecule has 0 spiro atoms. The number of methoxy groups -OCH3 is 1. The Morgan fingerprint density at radius 3 is 2.32 bits per heavy atom. The number of carbonyl (C=O) groups is 3. The summed E-state index contributed by atoms with van der Waals surface area (Å²) in [5, 5.41) is 5.47. The highest BCUT2D eigenvalue weighted by atomic mass is 16.5. The van der Waals surface area contributed by atoms with E-state index in [1.165, 1.54) is 12.3 Å². The van der Waals surface area contributed by atoms with Gasteiger partial charge < -0.3 is 19.8 Å². The largest absolute Gasteiger partial charge is 0.497 e. The zero-order chi connectivity index (χ0) is 26.0. The third-order valence-electron chi connectivity index (χ3n) is 5.30. The SMILES string of the molecule is COc1cccc(/C=C(\NC(=O)c2ccccc2)C(=O)Nc2ccc(C(=O)/C=C/c3ccco3)cc2)c1. The molecule has 0 aliphatic carbocycles. The fourth-order valence-electron chi connectivity index (χ4n) is 3.40. The van der Waals surface area contributed by atoms with Crippen LogP contribution in [-0.2, 0) is 4.79 Å². The van der Waals surface area contributed by atoms with Crippen molar-refractivity contribution in [2.24, 2.45) is 0 Å². The molecule has 7 nitrogen and oxygen atoms in total. The van der Waals surface area contributed by atoms with Crippen molar-refractivity contribution >= 4 is 35.4 Å². The molecule has 1 aromatic heterocycles. The number of furan rings is 1. The molecule has 4 aromatic rings. The molecular weight excluding hydrogens is 468 g/mol. The Hall–Kier alpha value is -5.17. The van der Waals surface area contributed by atoms with Crippen LogP contribution < -0.4 is 15.4 Å². The second-order valence-corrected chi connectivity index (χ2v) is 7.90. The molecule has 184 valence electrons. The maximum absolute atomic E-state index is 13.2. The van der Waals surface area contributed by atoms with E-state index in [0.29, 0.717) is 33.9 Å². The third kappa shape index (κ3) is 6.93. The minimum atomic E-state index is -0.524. The highest BCUT2D eigenvalue weighted by Crippen LogP contribution is 2.17. The number of nitrogens with one attached hydrogen (secondary N) is 2. The smallest absolute Gasteiger partial charge is 0.272 e. The average molecular weight is 493 g/mol. The Kier molecular flexibility index (Phi) is 8.08. The van der Waals surface area contributed by atoms with Crippen LogP contribution >= 0.6 is 0 Å². The van der Waals surface area contributed by atoms with E-state index in [4.69, 9.17) is 9.15 Å². The molecule has 0 radical (unpaired) electrons. The van der Waals surface area contributed by atoms with Crippen molar-refractivity contribution in [1.29, 1.82) is 0 Å². The number of hydrogen-bond donors (Lipinski definition) is 2. The minimum absolute atomic E-state index is 0.0450. The summed E-state index contributed by atoms with van der Waals surface area (Å²) in [4.78, 5) is 38.4. The van der Waals surface area contributed by atoms with E-state index in [1.807, 2.05) is 0 Å². The maximum atomic E-state index is 13.2. The van der Waals surface area contributed by atoms with Gasteiger partial charge in [0.15, 0.2) is 5.78 Å². The standard InChI is InChI=1S/C30H24N2O5/c1-36-26-10-5-7-21(19-26)20-27(32-29(34)23-8-3-2-4-9-23)30(35)31-24-14-12-22(13-15-24)28(33)17-16-25-11-6-18-37-25/h2-20H,1H3,(H,31,35)(H,32,34)/b17-16+,27-20-. The summed E-state index contributed by atoms with van der Waals surface area (Å²) in [5.74, 6) is 0.0375. The van der Waals surface area contributed by atoms with Crippen LogP contribution in [0.1, 0.15) is 32.0 Å².